The van der Waals surface area contributed by atoms with Crippen LogP contribution in [0.1, 0.15) is 36.4 Å². The molecule has 3 rings (SSSR count). The summed E-state index contributed by atoms with van der Waals surface area (Å²) in [6, 6.07) is 13.2. The quantitative estimate of drug-likeness (QED) is 0.826. The van der Waals surface area contributed by atoms with Gasteiger partial charge in [-0.05, 0) is 37.1 Å². The molecule has 0 bridgehead atoms. The Balaban J connectivity index is 2.13. The molecule has 24 heavy (non-hydrogen) atoms. The molecule has 5 heteroatoms. The predicted octanol–water partition coefficient (Wildman–Crippen LogP) is 4.62. The van der Waals surface area contributed by atoms with Crippen LogP contribution in [0.3, 0.4) is 0 Å². The third-order valence-corrected chi connectivity index (χ3v) is 5.28. The van der Waals surface area contributed by atoms with Crippen molar-refractivity contribution in [3.63, 3.8) is 0 Å². The zero-order valence-corrected chi connectivity index (χ0v) is 14.7. The fraction of sp³-hybridized carbons (Fsp3) is 0.316. The Labute approximate surface area is 149 Å². The van der Waals surface area contributed by atoms with Gasteiger partial charge in [-0.15, -0.1) is 0 Å². The Morgan fingerprint density at radius 3 is 2.46 bits per heavy atom. The maximum atomic E-state index is 14.6. The first-order valence-electron chi connectivity index (χ1n) is 8.07. The molecular formula is C19H19BrFNO2. The van der Waals surface area contributed by atoms with Crippen LogP contribution in [0.2, 0.25) is 0 Å². The molecule has 0 saturated carbocycles. The Bertz CT molecular complexity index is 691. The van der Waals surface area contributed by atoms with E-state index in [0.29, 0.717) is 18.5 Å². The van der Waals surface area contributed by atoms with Crippen LogP contribution in [-0.4, -0.2) is 28.6 Å². The van der Waals surface area contributed by atoms with Crippen LogP contribution >= 0.6 is 15.9 Å². The van der Waals surface area contributed by atoms with E-state index in [-0.39, 0.29) is 5.82 Å². The lowest BCUT2D eigenvalue weighted by atomic mass is 9.91. The average Bonchev–Trinajstić information content (AvgIpc) is 2.59. The van der Waals surface area contributed by atoms with Crippen LogP contribution in [0.5, 0.6) is 0 Å². The number of benzene rings is 2. The molecule has 2 atom stereocenters. The molecule has 2 aromatic carbocycles. The normalized spacial score (nSPS) is 19.8. The van der Waals surface area contributed by atoms with Crippen molar-refractivity contribution in [1.29, 1.82) is 0 Å². The molecule has 126 valence electrons. The molecule has 1 aliphatic heterocycles. The van der Waals surface area contributed by atoms with Gasteiger partial charge in [0.2, 0.25) is 0 Å². The Morgan fingerprint density at radius 1 is 1.12 bits per heavy atom. The van der Waals surface area contributed by atoms with Crippen LogP contribution in [0, 0.1) is 5.82 Å². The van der Waals surface area contributed by atoms with Gasteiger partial charge in [-0.25, -0.2) is 4.39 Å². The van der Waals surface area contributed by atoms with Crippen molar-refractivity contribution in [2.45, 2.75) is 31.3 Å². The molecule has 2 unspecified atom stereocenters. The molecule has 0 aliphatic carbocycles. The number of likely N-dealkylation sites (tertiary alicyclic amines) is 1. The lowest BCUT2D eigenvalue weighted by molar-refractivity contribution is -0.145. The van der Waals surface area contributed by atoms with Crippen molar-refractivity contribution < 1.29 is 14.3 Å². The average molecular weight is 392 g/mol. The first-order chi connectivity index (χ1) is 11.6. The van der Waals surface area contributed by atoms with Gasteiger partial charge >= 0.3 is 5.97 Å². The largest absolute Gasteiger partial charge is 0.480 e. The van der Waals surface area contributed by atoms with E-state index < -0.39 is 18.1 Å². The van der Waals surface area contributed by atoms with Crippen LogP contribution < -0.4 is 0 Å². The minimum atomic E-state index is -0.844. The first kappa shape index (κ1) is 17.1. The van der Waals surface area contributed by atoms with Crippen LogP contribution in [0.15, 0.2) is 53.0 Å². The van der Waals surface area contributed by atoms with Crippen LogP contribution in [-0.2, 0) is 4.79 Å². The highest BCUT2D eigenvalue weighted by Gasteiger charge is 2.36. The molecule has 3 nitrogen and oxygen atoms in total. The highest BCUT2D eigenvalue weighted by molar-refractivity contribution is 9.10. The molecule has 0 spiro atoms. The second-order valence-electron chi connectivity index (χ2n) is 6.03. The number of hydrogen-bond donors (Lipinski definition) is 1. The van der Waals surface area contributed by atoms with E-state index in [1.54, 1.807) is 18.2 Å². The van der Waals surface area contributed by atoms with E-state index in [0.717, 1.165) is 22.9 Å². The zero-order valence-electron chi connectivity index (χ0n) is 13.2. The number of aliphatic carboxylic acids is 1. The van der Waals surface area contributed by atoms with Gasteiger partial charge in [0.1, 0.15) is 11.9 Å². The van der Waals surface area contributed by atoms with Gasteiger partial charge in [-0.3, -0.25) is 9.69 Å². The maximum absolute atomic E-state index is 14.6. The monoisotopic (exact) mass is 391 g/mol. The van der Waals surface area contributed by atoms with Gasteiger partial charge in [0.15, 0.2) is 0 Å². The second-order valence-corrected chi connectivity index (χ2v) is 6.89. The second kappa shape index (κ2) is 7.45. The number of carboxylic acid groups (broad SMARTS) is 1. The van der Waals surface area contributed by atoms with E-state index in [1.165, 1.54) is 6.07 Å². The van der Waals surface area contributed by atoms with Crippen molar-refractivity contribution in [2.75, 3.05) is 6.54 Å². The third kappa shape index (κ3) is 3.37. The first-order valence-corrected chi connectivity index (χ1v) is 8.86. The summed E-state index contributed by atoms with van der Waals surface area (Å²) in [7, 11) is 0. The highest BCUT2D eigenvalue weighted by Crippen LogP contribution is 2.38. The fourth-order valence-corrected chi connectivity index (χ4v) is 3.95. The number of carboxylic acids is 1. The third-order valence-electron chi connectivity index (χ3n) is 4.56. The summed E-state index contributed by atoms with van der Waals surface area (Å²) in [5.74, 6) is -1.16. The molecule has 1 aliphatic rings. The van der Waals surface area contributed by atoms with Gasteiger partial charge in [0, 0.05) is 10.0 Å². The van der Waals surface area contributed by atoms with Gasteiger partial charge < -0.3 is 5.11 Å². The van der Waals surface area contributed by atoms with Crippen molar-refractivity contribution in [2.24, 2.45) is 0 Å². The number of halogens is 2. The summed E-state index contributed by atoms with van der Waals surface area (Å²) in [6.07, 6.45) is 2.39. The summed E-state index contributed by atoms with van der Waals surface area (Å²) in [6.45, 7) is 0.636. The zero-order chi connectivity index (χ0) is 17.1. The minimum absolute atomic E-state index is 0.312. The number of rotatable bonds is 4. The summed E-state index contributed by atoms with van der Waals surface area (Å²) >= 11 is 3.55. The molecule has 1 saturated heterocycles. The Morgan fingerprint density at radius 2 is 1.79 bits per heavy atom. The molecule has 2 aromatic rings. The molecule has 1 N–H and O–H groups in total. The Kier molecular flexibility index (Phi) is 5.31. The van der Waals surface area contributed by atoms with Crippen LogP contribution in [0.25, 0.3) is 0 Å². The van der Waals surface area contributed by atoms with Crippen molar-refractivity contribution in [3.8, 4) is 0 Å². The SMILES string of the molecule is O=C(O)C1CCCCN1C(c1ccccc1F)c1ccccc1Br. The van der Waals surface area contributed by atoms with Crippen molar-refractivity contribution >= 4 is 21.9 Å². The molecule has 0 aromatic heterocycles. The smallest absolute Gasteiger partial charge is 0.320 e. The van der Waals surface area contributed by atoms with E-state index in [1.807, 2.05) is 29.2 Å². The molecular weight excluding hydrogens is 373 g/mol. The molecule has 0 radical (unpaired) electrons. The minimum Gasteiger partial charge on any atom is -0.480 e. The van der Waals surface area contributed by atoms with E-state index >= 15 is 0 Å². The van der Waals surface area contributed by atoms with Crippen molar-refractivity contribution in [1.82, 2.24) is 4.90 Å². The lowest BCUT2D eigenvalue weighted by Crippen LogP contribution is -2.47. The summed E-state index contributed by atoms with van der Waals surface area (Å²) in [5.41, 5.74) is 1.40. The van der Waals surface area contributed by atoms with E-state index in [4.69, 9.17) is 0 Å². The number of piperidine rings is 1. The summed E-state index contributed by atoms with van der Waals surface area (Å²) < 4.78 is 15.4. The van der Waals surface area contributed by atoms with Crippen molar-refractivity contribution in [3.05, 3.63) is 69.9 Å². The molecule has 0 amide bonds. The maximum Gasteiger partial charge on any atom is 0.320 e. The van der Waals surface area contributed by atoms with E-state index in [2.05, 4.69) is 15.9 Å². The van der Waals surface area contributed by atoms with Gasteiger partial charge in [0.25, 0.3) is 0 Å². The number of hydrogen-bond acceptors (Lipinski definition) is 2. The molecule has 1 fully saturated rings. The predicted molar refractivity (Wildman–Crippen MR) is 94.4 cm³/mol. The van der Waals surface area contributed by atoms with E-state index in [9.17, 15) is 14.3 Å². The van der Waals surface area contributed by atoms with Gasteiger partial charge in [-0.1, -0.05) is 58.7 Å². The fourth-order valence-electron chi connectivity index (χ4n) is 3.45. The van der Waals surface area contributed by atoms with Crippen LogP contribution in [0.4, 0.5) is 4.39 Å². The Hall–Kier alpha value is -1.72. The standard InChI is InChI=1S/C19H19BrFNO2/c20-15-9-3-1-7-13(15)18(14-8-2-4-10-16(14)21)22-12-6-5-11-17(22)19(23)24/h1-4,7-10,17-18H,5-6,11-12H2,(H,23,24). The topological polar surface area (TPSA) is 40.5 Å². The van der Waals surface area contributed by atoms with Gasteiger partial charge in [-0.2, -0.15) is 0 Å². The highest BCUT2D eigenvalue weighted by atomic mass is 79.9. The van der Waals surface area contributed by atoms with Gasteiger partial charge in [0.05, 0.1) is 6.04 Å². The summed E-state index contributed by atoms with van der Waals surface area (Å²) in [4.78, 5) is 13.7. The number of nitrogens with zero attached hydrogens (tertiary/aromatic N) is 1. The molecule has 1 heterocycles. The lowest BCUT2D eigenvalue weighted by Gasteiger charge is -2.40. The summed E-state index contributed by atoms with van der Waals surface area (Å²) in [5, 5.41) is 9.64. The number of carbonyl (C=O) groups is 1.